The standard InChI is InChI=1S/C10H14O.2C4H8O.Li/c1-10(2,3)8-6-4-5-7-9(8)11;2*1-2-4-5-3-1;/h4-7,11H,1-3H3;2*1-4H2;/q;;;+1/p-1. The van der Waals surface area contributed by atoms with E-state index in [9.17, 15) is 5.11 Å². The first-order chi connectivity index (χ1) is 10.0. The molecular formula is C18H29LiO3. The van der Waals surface area contributed by atoms with Gasteiger partial charge in [0.15, 0.2) is 0 Å². The summed E-state index contributed by atoms with van der Waals surface area (Å²) in [6.07, 6.45) is 5.11. The second kappa shape index (κ2) is 12.0. The molecule has 0 atom stereocenters. The molecule has 2 aliphatic heterocycles. The Bertz CT molecular complexity index is 355. The molecule has 120 valence electrons. The van der Waals surface area contributed by atoms with Crippen molar-refractivity contribution in [3.8, 4) is 5.75 Å². The average Bonchev–Trinajstić information content (AvgIpc) is 3.17. The van der Waals surface area contributed by atoms with E-state index in [1.165, 1.54) is 25.7 Å². The van der Waals surface area contributed by atoms with Crippen molar-refractivity contribution in [2.24, 2.45) is 0 Å². The van der Waals surface area contributed by atoms with Crippen LogP contribution in [0.15, 0.2) is 24.3 Å². The number of rotatable bonds is 0. The minimum atomic E-state index is -0.0294. The zero-order chi connectivity index (χ0) is 15.6. The van der Waals surface area contributed by atoms with E-state index in [0.717, 1.165) is 32.0 Å². The quantitative estimate of drug-likeness (QED) is 0.661. The van der Waals surface area contributed by atoms with Crippen LogP contribution in [0.25, 0.3) is 0 Å². The van der Waals surface area contributed by atoms with E-state index >= 15 is 0 Å². The molecule has 22 heavy (non-hydrogen) atoms. The first kappa shape index (κ1) is 21.5. The van der Waals surface area contributed by atoms with Crippen LogP contribution < -0.4 is 24.0 Å². The van der Waals surface area contributed by atoms with Crippen molar-refractivity contribution < 1.29 is 33.4 Å². The smallest absolute Gasteiger partial charge is 0.872 e. The van der Waals surface area contributed by atoms with Crippen LogP contribution in [0.1, 0.15) is 52.0 Å². The summed E-state index contributed by atoms with van der Waals surface area (Å²) in [7, 11) is 0. The van der Waals surface area contributed by atoms with Crippen molar-refractivity contribution in [1.82, 2.24) is 0 Å². The summed E-state index contributed by atoms with van der Waals surface area (Å²) in [5.41, 5.74) is 0.859. The zero-order valence-electron chi connectivity index (χ0n) is 14.7. The second-order valence-corrected chi connectivity index (χ2v) is 6.39. The van der Waals surface area contributed by atoms with E-state index in [-0.39, 0.29) is 30.0 Å². The Kier molecular flexibility index (Phi) is 11.8. The van der Waals surface area contributed by atoms with Crippen LogP contribution in [-0.2, 0) is 14.9 Å². The average molecular weight is 300 g/mol. The fraction of sp³-hybridized carbons (Fsp3) is 0.667. The summed E-state index contributed by atoms with van der Waals surface area (Å²) in [6.45, 7) is 10.1. The van der Waals surface area contributed by atoms with Gasteiger partial charge in [-0.3, -0.25) is 0 Å². The second-order valence-electron chi connectivity index (χ2n) is 6.39. The minimum Gasteiger partial charge on any atom is -0.872 e. The number of benzene rings is 1. The Labute approximate surface area is 147 Å². The molecule has 0 unspecified atom stereocenters. The third-order valence-corrected chi connectivity index (χ3v) is 3.35. The van der Waals surface area contributed by atoms with Crippen molar-refractivity contribution in [3.63, 3.8) is 0 Å². The predicted octanol–water partition coefficient (Wildman–Crippen LogP) is 0.655. The van der Waals surface area contributed by atoms with Crippen LogP contribution in [0.5, 0.6) is 5.75 Å². The third-order valence-electron chi connectivity index (χ3n) is 3.35. The van der Waals surface area contributed by atoms with Gasteiger partial charge in [-0.25, -0.2) is 0 Å². The number of hydrogen-bond acceptors (Lipinski definition) is 3. The summed E-state index contributed by atoms with van der Waals surface area (Å²) in [6, 6.07) is 7.18. The molecule has 4 heteroatoms. The van der Waals surface area contributed by atoms with Gasteiger partial charge in [0.1, 0.15) is 0 Å². The van der Waals surface area contributed by atoms with E-state index in [1.54, 1.807) is 12.1 Å². The molecule has 0 radical (unpaired) electrons. The molecule has 2 fully saturated rings. The summed E-state index contributed by atoms with van der Waals surface area (Å²) in [4.78, 5) is 0. The predicted molar refractivity (Wildman–Crippen MR) is 84.7 cm³/mol. The fourth-order valence-electron chi connectivity index (χ4n) is 2.11. The van der Waals surface area contributed by atoms with Crippen LogP contribution in [0.2, 0.25) is 0 Å². The molecule has 1 aromatic rings. The van der Waals surface area contributed by atoms with Crippen molar-refractivity contribution in [1.29, 1.82) is 0 Å². The van der Waals surface area contributed by atoms with Gasteiger partial charge in [-0.15, -0.1) is 5.75 Å². The number of para-hydroxylation sites is 1. The Morgan fingerprint density at radius 3 is 1.45 bits per heavy atom. The molecule has 0 saturated carbocycles. The van der Waals surface area contributed by atoms with Gasteiger partial charge in [0.25, 0.3) is 0 Å². The maximum atomic E-state index is 11.3. The third kappa shape index (κ3) is 9.53. The Balaban J connectivity index is 0.000000334. The topological polar surface area (TPSA) is 41.5 Å². The molecule has 2 heterocycles. The molecule has 3 nitrogen and oxygen atoms in total. The summed E-state index contributed by atoms with van der Waals surface area (Å²) >= 11 is 0. The van der Waals surface area contributed by atoms with Crippen molar-refractivity contribution in [3.05, 3.63) is 29.8 Å². The monoisotopic (exact) mass is 300 g/mol. The molecule has 0 bridgehead atoms. The first-order valence-electron chi connectivity index (χ1n) is 7.94. The van der Waals surface area contributed by atoms with Gasteiger partial charge in [0.05, 0.1) is 0 Å². The van der Waals surface area contributed by atoms with Gasteiger partial charge >= 0.3 is 18.9 Å². The van der Waals surface area contributed by atoms with Crippen LogP contribution in [0.4, 0.5) is 0 Å². The maximum absolute atomic E-state index is 11.3. The van der Waals surface area contributed by atoms with E-state index in [2.05, 4.69) is 0 Å². The van der Waals surface area contributed by atoms with Gasteiger partial charge in [-0.1, -0.05) is 50.6 Å². The molecule has 3 rings (SSSR count). The van der Waals surface area contributed by atoms with Gasteiger partial charge in [-0.05, 0) is 31.1 Å². The molecule has 2 aliphatic rings. The van der Waals surface area contributed by atoms with E-state index in [0.29, 0.717) is 0 Å². The first-order valence-corrected chi connectivity index (χ1v) is 7.94. The van der Waals surface area contributed by atoms with E-state index in [1.807, 2.05) is 32.9 Å². The van der Waals surface area contributed by atoms with Crippen LogP contribution in [0.3, 0.4) is 0 Å². The van der Waals surface area contributed by atoms with Gasteiger partial charge in [0, 0.05) is 26.4 Å². The Morgan fingerprint density at radius 2 is 1.23 bits per heavy atom. The summed E-state index contributed by atoms with van der Waals surface area (Å²) in [5, 5.41) is 11.3. The van der Waals surface area contributed by atoms with Crippen LogP contribution in [-0.4, -0.2) is 26.4 Å². The van der Waals surface area contributed by atoms with Crippen LogP contribution >= 0.6 is 0 Å². The Hall–Kier alpha value is -0.463. The minimum absolute atomic E-state index is 0. The van der Waals surface area contributed by atoms with E-state index in [4.69, 9.17) is 9.47 Å². The normalized spacial score (nSPS) is 16.7. The molecular weight excluding hydrogens is 271 g/mol. The Morgan fingerprint density at radius 1 is 0.818 bits per heavy atom. The fourth-order valence-corrected chi connectivity index (χ4v) is 2.11. The van der Waals surface area contributed by atoms with Gasteiger partial charge in [0.2, 0.25) is 0 Å². The van der Waals surface area contributed by atoms with Crippen molar-refractivity contribution >= 4 is 0 Å². The largest absolute Gasteiger partial charge is 1.00 e. The molecule has 0 spiro atoms. The summed E-state index contributed by atoms with van der Waals surface area (Å²) in [5.74, 6) is 0.139. The summed E-state index contributed by atoms with van der Waals surface area (Å²) < 4.78 is 9.89. The van der Waals surface area contributed by atoms with E-state index < -0.39 is 0 Å². The maximum Gasteiger partial charge on any atom is 1.00 e. The number of hydrogen-bond donors (Lipinski definition) is 0. The SMILES string of the molecule is C1CCOC1.C1CCOC1.CC(C)(C)c1ccccc1[O-].[Li+]. The van der Waals surface area contributed by atoms with Crippen molar-refractivity contribution in [2.75, 3.05) is 26.4 Å². The molecule has 1 aromatic carbocycles. The molecule has 0 aliphatic carbocycles. The molecule has 2 saturated heterocycles. The molecule has 0 amide bonds. The number of ether oxygens (including phenoxy) is 2. The molecule has 0 aromatic heterocycles. The van der Waals surface area contributed by atoms with Gasteiger partial charge in [-0.2, -0.15) is 0 Å². The van der Waals surface area contributed by atoms with Gasteiger partial charge < -0.3 is 14.6 Å². The van der Waals surface area contributed by atoms with Crippen molar-refractivity contribution in [2.45, 2.75) is 51.9 Å². The van der Waals surface area contributed by atoms with Crippen LogP contribution in [0, 0.1) is 0 Å². The molecule has 0 N–H and O–H groups in total. The zero-order valence-corrected chi connectivity index (χ0v) is 14.7.